The molecule has 3 aromatic heterocycles. The van der Waals surface area contributed by atoms with Gasteiger partial charge in [-0.05, 0) is 26.0 Å². The molecule has 0 aliphatic carbocycles. The molecular weight excluding hydrogens is 330 g/mol. The average molecular weight is 355 g/mol. The highest BCUT2D eigenvalue weighted by atomic mass is 16.5. The van der Waals surface area contributed by atoms with Crippen LogP contribution in [0, 0.1) is 13.8 Å². The van der Waals surface area contributed by atoms with Crippen molar-refractivity contribution in [2.45, 2.75) is 40.2 Å². The summed E-state index contributed by atoms with van der Waals surface area (Å²) in [5.41, 5.74) is 3.03. The molecule has 4 heterocycles. The predicted molar refractivity (Wildman–Crippen MR) is 98.3 cm³/mol. The van der Waals surface area contributed by atoms with Crippen molar-refractivity contribution >= 4 is 11.5 Å². The summed E-state index contributed by atoms with van der Waals surface area (Å²) in [5, 5.41) is 8.81. The second-order valence-electron chi connectivity index (χ2n) is 7.21. The first-order valence-corrected chi connectivity index (χ1v) is 9.14. The zero-order valence-corrected chi connectivity index (χ0v) is 15.8. The summed E-state index contributed by atoms with van der Waals surface area (Å²) in [6, 6.07) is 4.10. The van der Waals surface area contributed by atoms with Gasteiger partial charge in [0, 0.05) is 32.1 Å². The second-order valence-corrected chi connectivity index (χ2v) is 7.21. The second kappa shape index (κ2) is 6.68. The molecule has 0 radical (unpaired) electrons. The summed E-state index contributed by atoms with van der Waals surface area (Å²) in [4.78, 5) is 13.7. The van der Waals surface area contributed by atoms with Crippen LogP contribution in [0.25, 0.3) is 5.65 Å². The predicted octanol–water partition coefficient (Wildman–Crippen LogP) is 2.17. The van der Waals surface area contributed by atoms with E-state index >= 15 is 0 Å². The van der Waals surface area contributed by atoms with E-state index < -0.39 is 0 Å². The Hall–Kier alpha value is -2.48. The molecule has 3 aromatic rings. The van der Waals surface area contributed by atoms with Gasteiger partial charge < -0.3 is 9.42 Å². The number of fused-ring (bicyclic) bond motifs is 1. The van der Waals surface area contributed by atoms with Gasteiger partial charge >= 0.3 is 0 Å². The molecule has 0 bridgehead atoms. The van der Waals surface area contributed by atoms with Crippen molar-refractivity contribution in [3.63, 3.8) is 0 Å². The summed E-state index contributed by atoms with van der Waals surface area (Å²) >= 11 is 0. The van der Waals surface area contributed by atoms with Gasteiger partial charge in [-0.3, -0.25) is 4.90 Å². The minimum absolute atomic E-state index is 0.292. The van der Waals surface area contributed by atoms with E-state index in [-0.39, 0.29) is 0 Å². The van der Waals surface area contributed by atoms with E-state index in [1.807, 2.05) is 17.5 Å². The van der Waals surface area contributed by atoms with Crippen molar-refractivity contribution < 1.29 is 4.52 Å². The van der Waals surface area contributed by atoms with E-state index in [2.05, 4.69) is 51.8 Å². The summed E-state index contributed by atoms with van der Waals surface area (Å²) in [6.07, 6.45) is 0. The summed E-state index contributed by atoms with van der Waals surface area (Å²) in [5.74, 6) is 2.77. The quantitative estimate of drug-likeness (QED) is 0.710. The van der Waals surface area contributed by atoms with Crippen LogP contribution in [0.5, 0.6) is 0 Å². The van der Waals surface area contributed by atoms with Gasteiger partial charge in [-0.15, -0.1) is 5.10 Å². The van der Waals surface area contributed by atoms with Crippen LogP contribution in [-0.4, -0.2) is 55.8 Å². The lowest BCUT2D eigenvalue weighted by Crippen LogP contribution is -2.46. The van der Waals surface area contributed by atoms with E-state index in [1.165, 1.54) is 0 Å². The van der Waals surface area contributed by atoms with Gasteiger partial charge in [-0.2, -0.15) is 4.98 Å². The molecule has 1 aliphatic heterocycles. The number of aromatic nitrogens is 5. The number of nitrogens with zero attached hydrogens (tertiary/aromatic N) is 7. The van der Waals surface area contributed by atoms with Gasteiger partial charge in [0.1, 0.15) is 5.82 Å². The zero-order valence-electron chi connectivity index (χ0n) is 15.8. The summed E-state index contributed by atoms with van der Waals surface area (Å²) in [7, 11) is 0. The van der Waals surface area contributed by atoms with Crippen molar-refractivity contribution in [3.8, 4) is 0 Å². The Morgan fingerprint density at radius 3 is 2.54 bits per heavy atom. The third kappa shape index (κ3) is 3.16. The first-order valence-electron chi connectivity index (χ1n) is 9.14. The number of anilines is 1. The van der Waals surface area contributed by atoms with Gasteiger partial charge in [0.15, 0.2) is 11.5 Å². The van der Waals surface area contributed by atoms with Gasteiger partial charge in [-0.25, -0.2) is 9.50 Å². The van der Waals surface area contributed by atoms with Crippen LogP contribution >= 0.6 is 0 Å². The van der Waals surface area contributed by atoms with Crippen LogP contribution in [0.2, 0.25) is 0 Å². The summed E-state index contributed by atoms with van der Waals surface area (Å²) < 4.78 is 7.30. The smallest absolute Gasteiger partial charge is 0.240 e. The Kier molecular flexibility index (Phi) is 4.36. The minimum atomic E-state index is 0.292. The molecule has 1 saturated heterocycles. The molecule has 0 saturated carbocycles. The lowest BCUT2D eigenvalue weighted by molar-refractivity contribution is 0.214. The fourth-order valence-corrected chi connectivity index (χ4v) is 3.21. The van der Waals surface area contributed by atoms with E-state index in [1.54, 1.807) is 0 Å². The van der Waals surface area contributed by atoms with Crippen molar-refractivity contribution in [3.05, 3.63) is 35.2 Å². The maximum Gasteiger partial charge on any atom is 0.240 e. The first-order chi connectivity index (χ1) is 12.5. The van der Waals surface area contributed by atoms with Crippen LogP contribution in [0.1, 0.15) is 42.9 Å². The van der Waals surface area contributed by atoms with Gasteiger partial charge in [-0.1, -0.05) is 19.0 Å². The maximum atomic E-state index is 5.36. The Morgan fingerprint density at radius 1 is 1.08 bits per heavy atom. The van der Waals surface area contributed by atoms with Crippen molar-refractivity contribution in [2.75, 3.05) is 31.1 Å². The average Bonchev–Trinajstić information content (AvgIpc) is 3.21. The molecular formula is C18H25N7O. The van der Waals surface area contributed by atoms with Crippen LogP contribution in [0.3, 0.4) is 0 Å². The Bertz CT molecular complexity index is 906. The highest BCUT2D eigenvalue weighted by molar-refractivity contribution is 5.48. The van der Waals surface area contributed by atoms with E-state index in [0.717, 1.165) is 54.9 Å². The van der Waals surface area contributed by atoms with E-state index in [9.17, 15) is 0 Å². The fourth-order valence-electron chi connectivity index (χ4n) is 3.21. The molecule has 1 fully saturated rings. The molecule has 0 amide bonds. The molecule has 0 atom stereocenters. The molecule has 8 heteroatoms. The zero-order chi connectivity index (χ0) is 18.3. The fraction of sp³-hybridized carbons (Fsp3) is 0.556. The molecule has 0 unspecified atom stereocenters. The number of hydrogen-bond acceptors (Lipinski definition) is 7. The van der Waals surface area contributed by atoms with Crippen LogP contribution in [0.15, 0.2) is 16.7 Å². The van der Waals surface area contributed by atoms with Gasteiger partial charge in [0.25, 0.3) is 0 Å². The maximum absolute atomic E-state index is 5.36. The third-order valence-electron chi connectivity index (χ3n) is 4.98. The highest BCUT2D eigenvalue weighted by Crippen LogP contribution is 2.18. The normalized spacial score (nSPS) is 16.1. The van der Waals surface area contributed by atoms with E-state index in [4.69, 9.17) is 9.62 Å². The number of hydrogen-bond donors (Lipinski definition) is 0. The SMILES string of the molecule is Cc1nc2ccc(N3CCN(Cc4nc(C(C)C)no4)CC3)nn2c1C. The van der Waals surface area contributed by atoms with Gasteiger partial charge in [0.2, 0.25) is 5.89 Å². The third-order valence-corrected chi connectivity index (χ3v) is 4.98. The molecule has 1 aliphatic rings. The standard InChI is InChI=1S/C18H25N7O/c1-12(2)18-20-17(26-22-18)11-23-7-9-24(10-8-23)16-6-5-15-19-13(3)14(4)25(15)21-16/h5-6,12H,7-11H2,1-4H3. The van der Waals surface area contributed by atoms with Crippen molar-refractivity contribution in [1.29, 1.82) is 0 Å². The minimum Gasteiger partial charge on any atom is -0.353 e. The first kappa shape index (κ1) is 17.0. The van der Waals surface area contributed by atoms with E-state index in [0.29, 0.717) is 18.4 Å². The molecule has 0 N–H and O–H groups in total. The number of aryl methyl sites for hydroxylation is 2. The van der Waals surface area contributed by atoms with Crippen molar-refractivity contribution in [2.24, 2.45) is 0 Å². The lowest BCUT2D eigenvalue weighted by Gasteiger charge is -2.34. The number of piperazine rings is 1. The molecule has 0 spiro atoms. The Morgan fingerprint density at radius 2 is 1.85 bits per heavy atom. The summed E-state index contributed by atoms with van der Waals surface area (Å²) in [6.45, 7) is 12.7. The Labute approximate surface area is 152 Å². The largest absolute Gasteiger partial charge is 0.353 e. The molecule has 26 heavy (non-hydrogen) atoms. The molecule has 4 rings (SSSR count). The van der Waals surface area contributed by atoms with Crippen molar-refractivity contribution in [1.82, 2.24) is 29.6 Å². The number of imidazole rings is 1. The molecule has 8 nitrogen and oxygen atoms in total. The number of rotatable bonds is 4. The molecule has 0 aromatic carbocycles. The lowest BCUT2D eigenvalue weighted by atomic mass is 10.2. The topological polar surface area (TPSA) is 75.6 Å². The monoisotopic (exact) mass is 355 g/mol. The van der Waals surface area contributed by atoms with Crippen LogP contribution in [0.4, 0.5) is 5.82 Å². The van der Waals surface area contributed by atoms with Gasteiger partial charge in [0.05, 0.1) is 17.9 Å². The van der Waals surface area contributed by atoms with Crippen LogP contribution < -0.4 is 4.90 Å². The highest BCUT2D eigenvalue weighted by Gasteiger charge is 2.21. The van der Waals surface area contributed by atoms with Crippen LogP contribution in [-0.2, 0) is 6.54 Å². The Balaban J connectivity index is 1.40. The molecule has 138 valence electrons.